The molecule has 3 aromatic rings. The lowest BCUT2D eigenvalue weighted by Crippen LogP contribution is -2.17. The fourth-order valence-corrected chi connectivity index (χ4v) is 2.44. The van der Waals surface area contributed by atoms with Gasteiger partial charge in [-0.05, 0) is 17.2 Å². The molecule has 106 valence electrons. The summed E-state index contributed by atoms with van der Waals surface area (Å²) < 4.78 is 0. The molecule has 0 fully saturated rings. The number of fused-ring (bicyclic) bond motifs is 1. The van der Waals surface area contributed by atoms with Gasteiger partial charge in [0.2, 0.25) is 0 Å². The van der Waals surface area contributed by atoms with Crippen molar-refractivity contribution in [3.05, 3.63) is 65.9 Å². The highest BCUT2D eigenvalue weighted by atomic mass is 15.1. The minimum atomic E-state index is 0.578. The Balaban J connectivity index is 1.88. The zero-order valence-corrected chi connectivity index (χ0v) is 12.0. The normalized spacial score (nSPS) is 10.8. The Morgan fingerprint density at radius 1 is 1.00 bits per heavy atom. The minimum Gasteiger partial charge on any atom is -0.368 e. The van der Waals surface area contributed by atoms with Gasteiger partial charge in [-0.3, -0.25) is 0 Å². The summed E-state index contributed by atoms with van der Waals surface area (Å²) >= 11 is 0. The van der Waals surface area contributed by atoms with Gasteiger partial charge in [-0.25, -0.2) is 0 Å². The second kappa shape index (κ2) is 5.89. The van der Waals surface area contributed by atoms with E-state index in [0.717, 1.165) is 28.7 Å². The molecule has 1 aromatic heterocycles. The monoisotopic (exact) mass is 278 g/mol. The Morgan fingerprint density at radius 3 is 2.48 bits per heavy atom. The van der Waals surface area contributed by atoms with Gasteiger partial charge in [-0.2, -0.15) is 10.2 Å². The lowest BCUT2D eigenvalue weighted by Gasteiger charge is -2.20. The first-order valence-electron chi connectivity index (χ1n) is 6.97. The van der Waals surface area contributed by atoms with Gasteiger partial charge in [0.25, 0.3) is 0 Å². The summed E-state index contributed by atoms with van der Waals surface area (Å²) in [6.07, 6.45) is 1.82. The fraction of sp³-hybridized carbons (Fsp3) is 0.176. The van der Waals surface area contributed by atoms with Crippen molar-refractivity contribution in [1.82, 2.24) is 10.2 Å². The third-order valence-corrected chi connectivity index (χ3v) is 3.62. The average Bonchev–Trinajstić information content (AvgIpc) is 2.55. The van der Waals surface area contributed by atoms with Gasteiger partial charge < -0.3 is 10.6 Å². The van der Waals surface area contributed by atoms with Crippen LogP contribution in [-0.4, -0.2) is 17.2 Å². The maximum absolute atomic E-state index is 5.63. The molecule has 21 heavy (non-hydrogen) atoms. The van der Waals surface area contributed by atoms with Crippen LogP contribution in [0.3, 0.4) is 0 Å². The van der Waals surface area contributed by atoms with Crippen molar-refractivity contribution >= 4 is 16.6 Å². The van der Waals surface area contributed by atoms with Crippen LogP contribution >= 0.6 is 0 Å². The molecule has 0 saturated heterocycles. The first kappa shape index (κ1) is 13.5. The Morgan fingerprint density at radius 2 is 1.71 bits per heavy atom. The fourth-order valence-electron chi connectivity index (χ4n) is 2.44. The van der Waals surface area contributed by atoms with Crippen LogP contribution in [0.15, 0.2) is 54.7 Å². The summed E-state index contributed by atoms with van der Waals surface area (Å²) in [5, 5.41) is 9.38. The summed E-state index contributed by atoms with van der Waals surface area (Å²) in [4.78, 5) is 2.19. The third-order valence-electron chi connectivity index (χ3n) is 3.62. The Kier molecular flexibility index (Phi) is 3.79. The van der Waals surface area contributed by atoms with Crippen molar-refractivity contribution < 1.29 is 0 Å². The molecule has 0 aliphatic carbocycles. The molecule has 0 unspecified atom stereocenters. The molecule has 0 atom stereocenters. The van der Waals surface area contributed by atoms with Crippen LogP contribution in [0.1, 0.15) is 11.1 Å². The number of nitrogens with two attached hydrogens (primary N) is 1. The van der Waals surface area contributed by atoms with Gasteiger partial charge in [-0.1, -0.05) is 42.5 Å². The number of hydrogen-bond acceptors (Lipinski definition) is 4. The number of anilines is 1. The van der Waals surface area contributed by atoms with Gasteiger partial charge in [0.05, 0.1) is 17.4 Å². The minimum absolute atomic E-state index is 0.578. The molecule has 0 amide bonds. The molecule has 1 heterocycles. The van der Waals surface area contributed by atoms with Crippen molar-refractivity contribution in [2.24, 2.45) is 5.73 Å². The summed E-state index contributed by atoms with van der Waals surface area (Å²) in [6, 6.07) is 16.5. The molecule has 4 heteroatoms. The van der Waals surface area contributed by atoms with E-state index in [-0.39, 0.29) is 0 Å². The quantitative estimate of drug-likeness (QED) is 0.797. The number of benzene rings is 2. The maximum atomic E-state index is 5.63. The molecular weight excluding hydrogens is 260 g/mol. The van der Waals surface area contributed by atoms with Crippen LogP contribution in [0.25, 0.3) is 10.9 Å². The SMILES string of the molecule is CN(Cc1ccc(CN)cc1)c1cnnc2ccccc12. The van der Waals surface area contributed by atoms with Crippen LogP contribution in [-0.2, 0) is 13.1 Å². The van der Waals surface area contributed by atoms with E-state index in [0.29, 0.717) is 6.54 Å². The Bertz CT molecular complexity index is 732. The highest BCUT2D eigenvalue weighted by Crippen LogP contribution is 2.24. The first-order valence-corrected chi connectivity index (χ1v) is 6.97. The van der Waals surface area contributed by atoms with Crippen molar-refractivity contribution in [2.75, 3.05) is 11.9 Å². The third kappa shape index (κ3) is 2.85. The molecule has 0 aliphatic heterocycles. The van der Waals surface area contributed by atoms with Crippen LogP contribution in [0.2, 0.25) is 0 Å². The molecule has 3 rings (SSSR count). The molecule has 4 nitrogen and oxygen atoms in total. The average molecular weight is 278 g/mol. The molecule has 0 saturated carbocycles. The van der Waals surface area contributed by atoms with E-state index in [4.69, 9.17) is 5.73 Å². The van der Waals surface area contributed by atoms with Crippen LogP contribution in [0, 0.1) is 0 Å². The van der Waals surface area contributed by atoms with Crippen molar-refractivity contribution in [3.63, 3.8) is 0 Å². The van der Waals surface area contributed by atoms with Crippen molar-refractivity contribution in [1.29, 1.82) is 0 Å². The zero-order chi connectivity index (χ0) is 14.7. The first-order chi connectivity index (χ1) is 10.3. The summed E-state index contributed by atoms with van der Waals surface area (Å²) in [5.41, 5.74) is 10.0. The van der Waals surface area contributed by atoms with E-state index in [9.17, 15) is 0 Å². The van der Waals surface area contributed by atoms with Gasteiger partial charge in [0, 0.05) is 25.5 Å². The summed E-state index contributed by atoms with van der Waals surface area (Å²) in [6.45, 7) is 1.40. The lowest BCUT2D eigenvalue weighted by atomic mass is 10.1. The van der Waals surface area contributed by atoms with E-state index < -0.39 is 0 Å². The van der Waals surface area contributed by atoms with E-state index in [2.05, 4.69) is 52.5 Å². The van der Waals surface area contributed by atoms with E-state index >= 15 is 0 Å². The van der Waals surface area contributed by atoms with E-state index in [1.165, 1.54) is 5.56 Å². The number of aromatic nitrogens is 2. The standard InChI is InChI=1S/C17H18N4/c1-21(12-14-8-6-13(10-18)7-9-14)17-11-19-20-16-5-3-2-4-15(16)17/h2-9,11H,10,12,18H2,1H3. The molecule has 0 aliphatic rings. The van der Waals surface area contributed by atoms with E-state index in [1.54, 1.807) is 0 Å². The van der Waals surface area contributed by atoms with Gasteiger partial charge in [-0.15, -0.1) is 0 Å². The second-order valence-corrected chi connectivity index (χ2v) is 5.12. The maximum Gasteiger partial charge on any atom is 0.0950 e. The highest BCUT2D eigenvalue weighted by Gasteiger charge is 2.08. The van der Waals surface area contributed by atoms with Crippen molar-refractivity contribution in [3.8, 4) is 0 Å². The van der Waals surface area contributed by atoms with Crippen LogP contribution in [0.5, 0.6) is 0 Å². The topological polar surface area (TPSA) is 55.0 Å². The predicted molar refractivity (Wildman–Crippen MR) is 86.0 cm³/mol. The molecular formula is C17H18N4. The Hall–Kier alpha value is -2.46. The molecule has 0 radical (unpaired) electrons. The zero-order valence-electron chi connectivity index (χ0n) is 12.0. The smallest absolute Gasteiger partial charge is 0.0950 e. The van der Waals surface area contributed by atoms with Crippen LogP contribution < -0.4 is 10.6 Å². The molecule has 2 N–H and O–H groups in total. The highest BCUT2D eigenvalue weighted by molar-refractivity contribution is 5.90. The van der Waals surface area contributed by atoms with E-state index in [1.807, 2.05) is 24.4 Å². The van der Waals surface area contributed by atoms with Crippen molar-refractivity contribution in [2.45, 2.75) is 13.1 Å². The molecule has 0 bridgehead atoms. The Labute approximate surface area is 124 Å². The number of nitrogens with zero attached hydrogens (tertiary/aromatic N) is 3. The summed E-state index contributed by atoms with van der Waals surface area (Å²) in [5.74, 6) is 0. The van der Waals surface area contributed by atoms with Gasteiger partial charge in [0.1, 0.15) is 0 Å². The lowest BCUT2D eigenvalue weighted by molar-refractivity contribution is 0.912. The molecule has 0 spiro atoms. The number of rotatable bonds is 4. The van der Waals surface area contributed by atoms with Crippen LogP contribution in [0.4, 0.5) is 5.69 Å². The number of hydrogen-bond donors (Lipinski definition) is 1. The van der Waals surface area contributed by atoms with Gasteiger partial charge in [0.15, 0.2) is 0 Å². The largest absolute Gasteiger partial charge is 0.368 e. The second-order valence-electron chi connectivity index (χ2n) is 5.12. The van der Waals surface area contributed by atoms with Gasteiger partial charge >= 0.3 is 0 Å². The summed E-state index contributed by atoms with van der Waals surface area (Å²) in [7, 11) is 2.07. The predicted octanol–water partition coefficient (Wildman–Crippen LogP) is 2.72. The molecule has 2 aromatic carbocycles.